The van der Waals surface area contributed by atoms with E-state index in [2.05, 4.69) is 67.8 Å². The maximum absolute atomic E-state index is 12.7. The summed E-state index contributed by atoms with van der Waals surface area (Å²) in [5.74, 6) is -1.32. The van der Waals surface area contributed by atoms with Crippen molar-refractivity contribution in [3.05, 3.63) is 48.6 Å². The third kappa shape index (κ3) is 44.1. The van der Waals surface area contributed by atoms with Crippen LogP contribution in [0.5, 0.6) is 0 Å². The highest BCUT2D eigenvalue weighted by atomic mass is 16.5. The van der Waals surface area contributed by atoms with E-state index in [0.717, 1.165) is 77.0 Å². The molecule has 0 radical (unpaired) electrons. The molecule has 1 atom stereocenters. The monoisotopic (exact) mass is 784 g/mol. The molecule has 0 rings (SSSR count). The van der Waals surface area contributed by atoms with E-state index in [-0.39, 0.29) is 24.5 Å². The van der Waals surface area contributed by atoms with Crippen molar-refractivity contribution in [3.63, 3.8) is 0 Å². The highest BCUT2D eigenvalue weighted by molar-refractivity contribution is 5.80. The quantitative estimate of drug-likeness (QED) is 0.0365. The van der Waals surface area contributed by atoms with Gasteiger partial charge in [0.15, 0.2) is 0 Å². The second kappa shape index (κ2) is 45.1. The number of carboxylic acid groups (broad SMARTS) is 1. The summed E-state index contributed by atoms with van der Waals surface area (Å²) in [4.78, 5) is 35.0. The number of ether oxygens (including phenoxy) is 1. The van der Waals surface area contributed by atoms with Crippen LogP contribution in [-0.2, 0) is 19.1 Å². The van der Waals surface area contributed by atoms with Crippen molar-refractivity contribution in [2.45, 2.75) is 245 Å². The van der Waals surface area contributed by atoms with E-state index >= 15 is 0 Å². The smallest absolute Gasteiger partial charge is 0.322 e. The summed E-state index contributed by atoms with van der Waals surface area (Å²) in [5, 5.41) is 11.1. The Bertz CT molecular complexity index is 999. The first kappa shape index (κ1) is 53.4. The van der Waals surface area contributed by atoms with Gasteiger partial charge in [-0.2, -0.15) is 0 Å². The number of allylic oxidation sites excluding steroid dienone is 7. The fraction of sp³-hybridized carbons (Fsp3) is 0.780. The van der Waals surface area contributed by atoms with Gasteiger partial charge in [0.05, 0.1) is 0 Å². The molecule has 0 heterocycles. The van der Waals surface area contributed by atoms with Gasteiger partial charge >= 0.3 is 11.9 Å². The number of hydrogen-bond donors (Lipinski definition) is 2. The van der Waals surface area contributed by atoms with E-state index in [0.29, 0.717) is 12.8 Å². The number of carbonyl (C=O) groups excluding carboxylic acids is 2. The van der Waals surface area contributed by atoms with Crippen molar-refractivity contribution >= 4 is 17.8 Å². The third-order valence-electron chi connectivity index (χ3n) is 10.5. The topological polar surface area (TPSA) is 92.7 Å². The minimum absolute atomic E-state index is 0.0895. The van der Waals surface area contributed by atoms with E-state index in [9.17, 15) is 14.4 Å². The SMILES string of the molecule is CC/C=C\C/C=C\C/C=C\C/C=C\C(CCCCCCCC(=O)NCC(=O)O)OC(=O)CCCCCCCCCCCCCCCCCCCCCCCCC. The molecule has 0 bridgehead atoms. The lowest BCUT2D eigenvalue weighted by atomic mass is 10.0. The Kier molecular flexibility index (Phi) is 43.0. The number of carboxylic acids is 1. The molecule has 56 heavy (non-hydrogen) atoms. The molecule has 324 valence electrons. The summed E-state index contributed by atoms with van der Waals surface area (Å²) in [6.45, 7) is 4.11. The summed E-state index contributed by atoms with van der Waals surface area (Å²) in [5.41, 5.74) is 0. The van der Waals surface area contributed by atoms with Crippen molar-refractivity contribution in [2.75, 3.05) is 6.54 Å². The van der Waals surface area contributed by atoms with Crippen LogP contribution in [0.25, 0.3) is 0 Å². The third-order valence-corrected chi connectivity index (χ3v) is 10.5. The molecule has 0 spiro atoms. The van der Waals surface area contributed by atoms with Gasteiger partial charge in [-0.15, -0.1) is 0 Å². The molecule has 0 aromatic rings. The number of esters is 1. The molecule has 0 aromatic heterocycles. The number of hydrogen-bond acceptors (Lipinski definition) is 4. The fourth-order valence-corrected chi connectivity index (χ4v) is 7.01. The normalized spacial score (nSPS) is 12.5. The summed E-state index contributed by atoms with van der Waals surface area (Å²) in [7, 11) is 0. The maximum Gasteiger partial charge on any atom is 0.322 e. The predicted octanol–water partition coefficient (Wildman–Crippen LogP) is 15.0. The molecule has 0 saturated heterocycles. The van der Waals surface area contributed by atoms with E-state index < -0.39 is 5.97 Å². The first-order valence-electron chi connectivity index (χ1n) is 23.8. The lowest BCUT2D eigenvalue weighted by Crippen LogP contribution is -2.28. The van der Waals surface area contributed by atoms with Crippen LogP contribution in [0.3, 0.4) is 0 Å². The Balaban J connectivity index is 4.05. The highest BCUT2D eigenvalue weighted by Crippen LogP contribution is 2.17. The van der Waals surface area contributed by atoms with Crippen LogP contribution in [0, 0.1) is 0 Å². The number of unbranched alkanes of at least 4 members (excludes halogenated alkanes) is 26. The Hall–Kier alpha value is -2.63. The molecular weight excluding hydrogens is 695 g/mol. The van der Waals surface area contributed by atoms with Crippen LogP contribution in [0.15, 0.2) is 48.6 Å². The zero-order chi connectivity index (χ0) is 40.8. The molecule has 6 nitrogen and oxygen atoms in total. The molecule has 2 N–H and O–H groups in total. The van der Waals surface area contributed by atoms with Gasteiger partial charge in [0, 0.05) is 12.8 Å². The second-order valence-electron chi connectivity index (χ2n) is 16.0. The van der Waals surface area contributed by atoms with Crippen LogP contribution >= 0.6 is 0 Å². The number of aliphatic carboxylic acids is 1. The Morgan fingerprint density at radius 3 is 1.29 bits per heavy atom. The maximum atomic E-state index is 12.7. The van der Waals surface area contributed by atoms with Crippen LogP contribution in [0.2, 0.25) is 0 Å². The van der Waals surface area contributed by atoms with Crippen LogP contribution in [0.1, 0.15) is 239 Å². The van der Waals surface area contributed by atoms with Crippen LogP contribution < -0.4 is 5.32 Å². The van der Waals surface area contributed by atoms with E-state index in [1.807, 2.05) is 0 Å². The van der Waals surface area contributed by atoms with Gasteiger partial charge in [0.2, 0.25) is 5.91 Å². The molecule has 0 saturated carbocycles. The fourth-order valence-electron chi connectivity index (χ4n) is 7.01. The number of rotatable bonds is 43. The van der Waals surface area contributed by atoms with Crippen molar-refractivity contribution in [1.29, 1.82) is 0 Å². The predicted molar refractivity (Wildman–Crippen MR) is 240 cm³/mol. The first-order chi connectivity index (χ1) is 27.5. The van der Waals surface area contributed by atoms with Gasteiger partial charge in [-0.1, -0.05) is 217 Å². The summed E-state index contributed by atoms with van der Waals surface area (Å²) in [6, 6.07) is 0. The molecule has 0 aliphatic heterocycles. The van der Waals surface area contributed by atoms with Gasteiger partial charge in [-0.05, 0) is 57.4 Å². The van der Waals surface area contributed by atoms with Crippen molar-refractivity contribution < 1.29 is 24.2 Å². The van der Waals surface area contributed by atoms with Gasteiger partial charge in [-0.25, -0.2) is 0 Å². The zero-order valence-electron chi connectivity index (χ0n) is 36.7. The molecule has 1 amide bonds. The molecule has 0 aliphatic rings. The Labute approximate surface area is 346 Å². The largest absolute Gasteiger partial charge is 0.480 e. The minimum Gasteiger partial charge on any atom is -0.480 e. The minimum atomic E-state index is -1.02. The van der Waals surface area contributed by atoms with Gasteiger partial charge < -0.3 is 15.2 Å². The number of carbonyl (C=O) groups is 3. The van der Waals surface area contributed by atoms with E-state index in [1.165, 1.54) is 135 Å². The molecular formula is C50H89NO5. The van der Waals surface area contributed by atoms with E-state index in [1.54, 1.807) is 0 Å². The summed E-state index contributed by atoms with van der Waals surface area (Å²) >= 11 is 0. The molecule has 1 unspecified atom stereocenters. The van der Waals surface area contributed by atoms with Crippen molar-refractivity contribution in [1.82, 2.24) is 5.32 Å². The van der Waals surface area contributed by atoms with Gasteiger partial charge in [0.25, 0.3) is 0 Å². The Morgan fingerprint density at radius 2 is 0.857 bits per heavy atom. The lowest BCUT2D eigenvalue weighted by Gasteiger charge is -2.14. The number of amides is 1. The standard InChI is InChI=1S/C50H89NO5/c1-3-5-7-9-11-13-15-16-17-18-19-20-21-22-23-24-25-26-28-30-32-37-41-45-50(55)56-47(42-38-34-31-29-27-14-12-10-8-6-4-2)43-39-35-33-36-40-44-48(52)51-46-49(53)54/h6,8,12,14,29,31,38,42,47H,3-5,7,9-11,13,15-28,30,32-37,39-41,43-46H2,1-2H3,(H,51,52)(H,53,54)/b8-6-,14-12-,31-29-,42-38-. The molecule has 0 aliphatic carbocycles. The molecule has 0 fully saturated rings. The van der Waals surface area contributed by atoms with Crippen LogP contribution in [-0.4, -0.2) is 35.6 Å². The summed E-state index contributed by atoms with van der Waals surface area (Å²) in [6.07, 6.45) is 58.5. The zero-order valence-corrected chi connectivity index (χ0v) is 36.7. The molecule has 0 aromatic carbocycles. The number of nitrogens with one attached hydrogen (secondary N) is 1. The summed E-state index contributed by atoms with van der Waals surface area (Å²) < 4.78 is 5.93. The average Bonchev–Trinajstić information content (AvgIpc) is 3.18. The van der Waals surface area contributed by atoms with E-state index in [4.69, 9.17) is 9.84 Å². The van der Waals surface area contributed by atoms with Crippen LogP contribution in [0.4, 0.5) is 0 Å². The van der Waals surface area contributed by atoms with Gasteiger partial charge in [-0.3, -0.25) is 14.4 Å². The highest BCUT2D eigenvalue weighted by Gasteiger charge is 2.12. The first-order valence-corrected chi connectivity index (χ1v) is 23.8. The van der Waals surface area contributed by atoms with Gasteiger partial charge in [0.1, 0.15) is 12.6 Å². The molecule has 6 heteroatoms. The average molecular weight is 784 g/mol. The van der Waals surface area contributed by atoms with Crippen molar-refractivity contribution in [2.24, 2.45) is 0 Å². The second-order valence-corrected chi connectivity index (χ2v) is 16.0. The van der Waals surface area contributed by atoms with Crippen molar-refractivity contribution in [3.8, 4) is 0 Å². The Morgan fingerprint density at radius 1 is 0.482 bits per heavy atom. The lowest BCUT2D eigenvalue weighted by molar-refractivity contribution is -0.147.